The van der Waals surface area contributed by atoms with Crippen LogP contribution in [0.4, 0.5) is 5.69 Å². The molecule has 0 spiro atoms. The van der Waals surface area contributed by atoms with Gasteiger partial charge in [0, 0.05) is 47.8 Å². The monoisotopic (exact) mass is 479 g/mol. The zero-order chi connectivity index (χ0) is 23.2. The Morgan fingerprint density at radius 1 is 1.21 bits per heavy atom. The minimum atomic E-state index is -0.0682. The average Bonchev–Trinajstić information content (AvgIpc) is 2.84. The summed E-state index contributed by atoms with van der Waals surface area (Å²) in [5, 5.41) is 2.95. The molecule has 34 heavy (non-hydrogen) atoms. The summed E-state index contributed by atoms with van der Waals surface area (Å²) in [6, 6.07) is 18.6. The van der Waals surface area contributed by atoms with E-state index in [2.05, 4.69) is 47.2 Å². The van der Waals surface area contributed by atoms with Crippen molar-refractivity contribution in [2.75, 3.05) is 31.8 Å². The van der Waals surface area contributed by atoms with Crippen LogP contribution >= 0.6 is 13.5 Å². The van der Waals surface area contributed by atoms with Crippen LogP contribution in [0.2, 0.25) is 0 Å². The maximum absolute atomic E-state index is 12.4. The lowest BCUT2D eigenvalue weighted by Gasteiger charge is -2.35. The lowest BCUT2D eigenvalue weighted by Crippen LogP contribution is -2.43. The number of aromatic nitrogens is 1. The van der Waals surface area contributed by atoms with Crippen molar-refractivity contribution in [2.45, 2.75) is 32.9 Å². The van der Waals surface area contributed by atoms with E-state index < -0.39 is 0 Å². The molecule has 1 saturated heterocycles. The maximum atomic E-state index is 12.4. The van der Waals surface area contributed by atoms with Crippen molar-refractivity contribution >= 4 is 25.1 Å². The lowest BCUT2D eigenvalue weighted by atomic mass is 10.00. The van der Waals surface area contributed by atoms with E-state index in [9.17, 15) is 4.79 Å². The van der Waals surface area contributed by atoms with Crippen molar-refractivity contribution < 1.29 is 14.3 Å². The van der Waals surface area contributed by atoms with Crippen molar-refractivity contribution in [3.63, 3.8) is 0 Å². The van der Waals surface area contributed by atoms with E-state index in [4.69, 9.17) is 9.47 Å². The van der Waals surface area contributed by atoms with Crippen molar-refractivity contribution in [3.05, 3.63) is 77.6 Å². The Kier molecular flexibility index (Phi) is 8.96. The second-order valence-corrected chi connectivity index (χ2v) is 8.42. The number of hydrogen-bond acceptors (Lipinski definition) is 5. The SMILES string of the molecule is COc1ccccc1CNC(=O)Cc1ccc(-c2ccc(N3CCOC[C@@H]3C)cc2C)cn1.S. The minimum absolute atomic E-state index is 0. The molecule has 7 heteroatoms. The second-order valence-electron chi connectivity index (χ2n) is 8.42. The van der Waals surface area contributed by atoms with Gasteiger partial charge in [0.2, 0.25) is 5.91 Å². The number of hydrogen-bond donors (Lipinski definition) is 1. The second kappa shape index (κ2) is 11.9. The molecule has 0 radical (unpaired) electrons. The number of amides is 1. The number of aryl methyl sites for hydroxylation is 1. The fourth-order valence-electron chi connectivity index (χ4n) is 4.22. The molecule has 180 valence electrons. The summed E-state index contributed by atoms with van der Waals surface area (Å²) in [6.07, 6.45) is 2.09. The number of nitrogens with one attached hydrogen (secondary N) is 1. The standard InChI is InChI=1S/C27H31N3O3.H2S/c1-19-14-24(30-12-13-33-18-20(30)2)10-11-25(19)21-8-9-23(28-16-21)15-27(31)29-17-22-6-4-5-7-26(22)32-3;/h4-11,14,16,20H,12-13,15,17-18H2,1-3H3,(H,29,31);1H2/t20-;/m0./s1. The highest BCUT2D eigenvalue weighted by Gasteiger charge is 2.19. The van der Waals surface area contributed by atoms with Gasteiger partial charge in [0.25, 0.3) is 0 Å². The number of methoxy groups -OCH3 is 1. The van der Waals surface area contributed by atoms with Crippen LogP contribution in [0.15, 0.2) is 60.8 Å². The quantitative estimate of drug-likeness (QED) is 0.549. The van der Waals surface area contributed by atoms with E-state index in [1.165, 1.54) is 11.3 Å². The van der Waals surface area contributed by atoms with Gasteiger partial charge < -0.3 is 19.7 Å². The number of carbonyl (C=O) groups is 1. The third-order valence-corrected chi connectivity index (χ3v) is 6.06. The Morgan fingerprint density at radius 2 is 2.03 bits per heavy atom. The molecule has 3 aromatic rings. The van der Waals surface area contributed by atoms with Gasteiger partial charge in [0.1, 0.15) is 5.75 Å². The fraction of sp³-hybridized carbons (Fsp3) is 0.333. The zero-order valence-electron chi connectivity index (χ0n) is 20.0. The maximum Gasteiger partial charge on any atom is 0.226 e. The van der Waals surface area contributed by atoms with Gasteiger partial charge in [0.15, 0.2) is 0 Å². The van der Waals surface area contributed by atoms with Crippen LogP contribution in [0.3, 0.4) is 0 Å². The highest BCUT2D eigenvalue weighted by molar-refractivity contribution is 7.59. The number of carbonyl (C=O) groups excluding carboxylic acids is 1. The third-order valence-electron chi connectivity index (χ3n) is 6.06. The van der Waals surface area contributed by atoms with E-state index in [0.29, 0.717) is 12.6 Å². The van der Waals surface area contributed by atoms with Gasteiger partial charge in [-0.2, -0.15) is 13.5 Å². The summed E-state index contributed by atoms with van der Waals surface area (Å²) >= 11 is 0. The van der Waals surface area contributed by atoms with Crippen molar-refractivity contribution in [2.24, 2.45) is 0 Å². The van der Waals surface area contributed by atoms with E-state index in [1.54, 1.807) is 7.11 Å². The fourth-order valence-corrected chi connectivity index (χ4v) is 4.22. The normalized spacial score (nSPS) is 15.4. The molecule has 1 atom stereocenters. The summed E-state index contributed by atoms with van der Waals surface area (Å²) in [6.45, 7) is 7.19. The molecular weight excluding hydrogens is 446 g/mol. The predicted octanol–water partition coefficient (Wildman–Crippen LogP) is 4.26. The Morgan fingerprint density at radius 3 is 2.74 bits per heavy atom. The van der Waals surface area contributed by atoms with Crippen LogP contribution in [-0.4, -0.2) is 43.8 Å². The summed E-state index contributed by atoms with van der Waals surface area (Å²) in [5.74, 6) is 0.700. The molecule has 1 N–H and O–H groups in total. The summed E-state index contributed by atoms with van der Waals surface area (Å²) in [4.78, 5) is 19.3. The van der Waals surface area contributed by atoms with E-state index >= 15 is 0 Å². The van der Waals surface area contributed by atoms with Crippen LogP contribution < -0.4 is 15.0 Å². The van der Waals surface area contributed by atoms with Crippen LogP contribution in [-0.2, 0) is 22.5 Å². The molecule has 2 heterocycles. The molecule has 6 nitrogen and oxygen atoms in total. The molecule has 1 aliphatic heterocycles. The molecule has 2 aromatic carbocycles. The molecule has 1 aliphatic rings. The average molecular weight is 480 g/mol. The highest BCUT2D eigenvalue weighted by Crippen LogP contribution is 2.29. The summed E-state index contributed by atoms with van der Waals surface area (Å²) < 4.78 is 10.9. The van der Waals surface area contributed by atoms with Gasteiger partial charge in [-0.15, -0.1) is 0 Å². The molecule has 1 aromatic heterocycles. The largest absolute Gasteiger partial charge is 0.496 e. The van der Waals surface area contributed by atoms with Crippen LogP contribution in [0.5, 0.6) is 5.75 Å². The van der Waals surface area contributed by atoms with Gasteiger partial charge >= 0.3 is 0 Å². The highest BCUT2D eigenvalue weighted by atomic mass is 32.1. The number of anilines is 1. The Bertz CT molecular complexity index is 1100. The Hall–Kier alpha value is -3.03. The van der Waals surface area contributed by atoms with Gasteiger partial charge in [-0.05, 0) is 49.2 Å². The molecule has 0 unspecified atom stereocenters. The van der Waals surface area contributed by atoms with E-state index in [-0.39, 0.29) is 25.8 Å². The molecule has 0 saturated carbocycles. The summed E-state index contributed by atoms with van der Waals surface area (Å²) in [5.41, 5.74) is 6.32. The first-order valence-electron chi connectivity index (χ1n) is 11.3. The van der Waals surface area contributed by atoms with Crippen molar-refractivity contribution in [3.8, 4) is 16.9 Å². The number of nitrogens with zero attached hydrogens (tertiary/aromatic N) is 2. The van der Waals surface area contributed by atoms with Crippen LogP contribution in [0.1, 0.15) is 23.7 Å². The zero-order valence-corrected chi connectivity index (χ0v) is 21.0. The van der Waals surface area contributed by atoms with Crippen LogP contribution in [0.25, 0.3) is 11.1 Å². The van der Waals surface area contributed by atoms with E-state index in [1.807, 2.05) is 42.6 Å². The van der Waals surface area contributed by atoms with Gasteiger partial charge in [-0.1, -0.05) is 30.3 Å². The molecular formula is C27H33N3O3S. The first-order chi connectivity index (χ1) is 16.0. The molecule has 4 rings (SSSR count). The third kappa shape index (κ3) is 6.10. The minimum Gasteiger partial charge on any atom is -0.496 e. The first kappa shape index (κ1) is 25.6. The Labute approximate surface area is 208 Å². The van der Waals surface area contributed by atoms with Gasteiger partial charge in [-0.25, -0.2) is 0 Å². The first-order valence-corrected chi connectivity index (χ1v) is 11.3. The number of para-hydroxylation sites is 1. The van der Waals surface area contributed by atoms with Crippen molar-refractivity contribution in [1.82, 2.24) is 10.3 Å². The molecule has 1 fully saturated rings. The Balaban J connectivity index is 0.00000324. The molecule has 1 amide bonds. The predicted molar refractivity (Wildman–Crippen MR) is 141 cm³/mol. The lowest BCUT2D eigenvalue weighted by molar-refractivity contribution is -0.120. The molecule has 0 bridgehead atoms. The number of rotatable bonds is 7. The smallest absolute Gasteiger partial charge is 0.226 e. The number of morpholine rings is 1. The van der Waals surface area contributed by atoms with Gasteiger partial charge in [-0.3, -0.25) is 9.78 Å². The topological polar surface area (TPSA) is 63.7 Å². The number of pyridine rings is 1. The van der Waals surface area contributed by atoms with E-state index in [0.717, 1.165) is 47.9 Å². The summed E-state index contributed by atoms with van der Waals surface area (Å²) in [7, 11) is 1.63. The van der Waals surface area contributed by atoms with Crippen LogP contribution in [0, 0.1) is 6.92 Å². The molecule has 0 aliphatic carbocycles. The number of ether oxygens (including phenoxy) is 2. The van der Waals surface area contributed by atoms with Gasteiger partial charge in [0.05, 0.1) is 26.7 Å². The number of benzene rings is 2. The van der Waals surface area contributed by atoms with Crippen molar-refractivity contribution in [1.29, 1.82) is 0 Å².